The van der Waals surface area contributed by atoms with Crippen LogP contribution in [0.25, 0.3) is 17.2 Å². The van der Waals surface area contributed by atoms with E-state index in [1.165, 1.54) is 61.2 Å². The Balaban J connectivity index is 1.65. The number of allylic oxidation sites excluding steroid dienone is 1. The summed E-state index contributed by atoms with van der Waals surface area (Å²) in [4.78, 5) is 0. The lowest BCUT2D eigenvalue weighted by Crippen LogP contribution is -2.40. The molecule has 38 heavy (non-hydrogen) atoms. The van der Waals surface area contributed by atoms with Crippen LogP contribution < -0.4 is 0 Å². The Labute approximate surface area is 226 Å². The lowest BCUT2D eigenvalue weighted by molar-refractivity contribution is 0.416. The number of hydrogen-bond acceptors (Lipinski definition) is 0. The molecule has 0 amide bonds. The van der Waals surface area contributed by atoms with Crippen LogP contribution in [0.1, 0.15) is 61.9 Å². The fraction of sp³-hybridized carbons (Fsp3) is 0.158. The highest BCUT2D eigenvalue weighted by Crippen LogP contribution is 2.63. The van der Waals surface area contributed by atoms with Gasteiger partial charge in [0.2, 0.25) is 0 Å². The molecule has 184 valence electrons. The Bertz CT molecular complexity index is 1600. The molecule has 0 bridgehead atoms. The summed E-state index contributed by atoms with van der Waals surface area (Å²) in [6, 6.07) is 43.7. The van der Waals surface area contributed by atoms with E-state index in [2.05, 4.69) is 148 Å². The van der Waals surface area contributed by atoms with E-state index in [-0.39, 0.29) is 17.3 Å². The van der Waals surface area contributed by atoms with E-state index in [0.29, 0.717) is 0 Å². The summed E-state index contributed by atoms with van der Waals surface area (Å²) in [5.41, 5.74) is 14.7. The average Bonchev–Trinajstić information content (AvgIpc) is 3.49. The molecule has 2 aliphatic rings. The van der Waals surface area contributed by atoms with Gasteiger partial charge in [0.15, 0.2) is 0 Å². The summed E-state index contributed by atoms with van der Waals surface area (Å²) < 4.78 is 0. The molecule has 1 unspecified atom stereocenters. The average molecular weight is 489 g/mol. The molecule has 0 aliphatic heterocycles. The minimum atomic E-state index is -0.334. The second-order valence-electron chi connectivity index (χ2n) is 11.2. The number of benzene rings is 5. The van der Waals surface area contributed by atoms with Crippen molar-refractivity contribution >= 4 is 6.08 Å². The molecule has 0 saturated heterocycles. The van der Waals surface area contributed by atoms with Gasteiger partial charge in [-0.3, -0.25) is 0 Å². The van der Waals surface area contributed by atoms with E-state index in [4.69, 9.17) is 0 Å². The lowest BCUT2D eigenvalue weighted by atomic mass is 9.55. The van der Waals surface area contributed by atoms with Crippen molar-refractivity contribution < 1.29 is 0 Å². The smallest absolute Gasteiger partial charge is 0.0415 e. The fourth-order valence-electron chi connectivity index (χ4n) is 7.27. The van der Waals surface area contributed by atoms with Crippen LogP contribution in [-0.4, -0.2) is 0 Å². The predicted octanol–water partition coefficient (Wildman–Crippen LogP) is 9.52. The van der Waals surface area contributed by atoms with Crippen molar-refractivity contribution in [2.45, 2.75) is 38.0 Å². The van der Waals surface area contributed by atoms with Crippen LogP contribution >= 0.6 is 0 Å². The van der Waals surface area contributed by atoms with Gasteiger partial charge in [-0.2, -0.15) is 0 Å². The van der Waals surface area contributed by atoms with Gasteiger partial charge in [0.1, 0.15) is 0 Å². The first-order valence-corrected chi connectivity index (χ1v) is 13.7. The van der Waals surface area contributed by atoms with Gasteiger partial charge in [-0.05, 0) is 65.3 Å². The molecule has 0 heterocycles. The van der Waals surface area contributed by atoms with Crippen LogP contribution in [0.4, 0.5) is 0 Å². The minimum Gasteiger partial charge on any atom is -0.0751 e. The third-order valence-corrected chi connectivity index (χ3v) is 8.82. The summed E-state index contributed by atoms with van der Waals surface area (Å²) >= 11 is 0. The highest BCUT2D eigenvalue weighted by atomic mass is 14.5. The number of hydrogen-bond donors (Lipinski definition) is 0. The van der Waals surface area contributed by atoms with Crippen LogP contribution in [0.5, 0.6) is 0 Å². The monoisotopic (exact) mass is 488 g/mol. The van der Waals surface area contributed by atoms with Gasteiger partial charge in [-0.1, -0.05) is 144 Å². The summed E-state index contributed by atoms with van der Waals surface area (Å²) in [6.45, 7) is 6.67. The molecule has 0 N–H and O–H groups in total. The number of aryl methyl sites for hydroxylation is 3. The molecule has 0 saturated carbocycles. The summed E-state index contributed by atoms with van der Waals surface area (Å²) in [5, 5.41) is 0. The standard InChI is InChI=1S/C38H32/c1-25-14-17-28-18-21-36(33(28)22-25)38(29-10-6-4-7-11-29,30-12-8-5-9-13-30)37-34-23-26(2)15-19-31(34)32-20-16-27(3)24-35(32)37/h4-24,36-37H,1-3H3. The molecule has 0 spiro atoms. The molecule has 0 fully saturated rings. The maximum atomic E-state index is 2.48. The van der Waals surface area contributed by atoms with Crippen molar-refractivity contribution in [1.82, 2.24) is 0 Å². The fourth-order valence-corrected chi connectivity index (χ4v) is 7.27. The summed E-state index contributed by atoms with van der Waals surface area (Å²) in [7, 11) is 0. The molecule has 0 heteroatoms. The summed E-state index contributed by atoms with van der Waals surface area (Å²) in [5.74, 6) is 0.352. The first-order valence-electron chi connectivity index (χ1n) is 13.7. The van der Waals surface area contributed by atoms with Gasteiger partial charge in [0.05, 0.1) is 0 Å². The van der Waals surface area contributed by atoms with E-state index in [1.54, 1.807) is 0 Å². The molecular weight excluding hydrogens is 456 g/mol. The maximum absolute atomic E-state index is 2.48. The molecule has 5 aromatic rings. The van der Waals surface area contributed by atoms with Crippen LogP contribution in [0.2, 0.25) is 0 Å². The maximum Gasteiger partial charge on any atom is 0.0415 e. The third-order valence-electron chi connectivity index (χ3n) is 8.82. The normalized spacial score (nSPS) is 15.8. The Morgan fingerprint density at radius 2 is 0.974 bits per heavy atom. The number of fused-ring (bicyclic) bond motifs is 4. The van der Waals surface area contributed by atoms with Gasteiger partial charge in [0.25, 0.3) is 0 Å². The highest BCUT2D eigenvalue weighted by molar-refractivity contribution is 5.82. The van der Waals surface area contributed by atoms with Crippen LogP contribution in [-0.2, 0) is 5.41 Å². The second-order valence-corrected chi connectivity index (χ2v) is 11.2. The summed E-state index contributed by atoms with van der Waals surface area (Å²) in [6.07, 6.45) is 4.83. The molecular formula is C38H32. The molecule has 2 aliphatic carbocycles. The van der Waals surface area contributed by atoms with E-state index in [1.807, 2.05) is 0 Å². The minimum absolute atomic E-state index is 0.165. The van der Waals surface area contributed by atoms with Crippen molar-refractivity contribution in [2.75, 3.05) is 0 Å². The van der Waals surface area contributed by atoms with Gasteiger partial charge in [-0.15, -0.1) is 0 Å². The van der Waals surface area contributed by atoms with Crippen LogP contribution in [0.15, 0.2) is 121 Å². The Hall–Kier alpha value is -4.16. The van der Waals surface area contributed by atoms with Gasteiger partial charge in [0, 0.05) is 17.3 Å². The van der Waals surface area contributed by atoms with Crippen molar-refractivity contribution in [1.29, 1.82) is 0 Å². The Morgan fingerprint density at radius 3 is 1.50 bits per heavy atom. The zero-order valence-electron chi connectivity index (χ0n) is 22.3. The molecule has 0 aromatic heterocycles. The van der Waals surface area contributed by atoms with E-state index in [9.17, 15) is 0 Å². The zero-order chi connectivity index (χ0) is 25.9. The zero-order valence-corrected chi connectivity index (χ0v) is 22.3. The van der Waals surface area contributed by atoms with Crippen molar-refractivity contribution in [3.05, 3.63) is 171 Å². The van der Waals surface area contributed by atoms with Gasteiger partial charge >= 0.3 is 0 Å². The second kappa shape index (κ2) is 8.71. The van der Waals surface area contributed by atoms with Crippen molar-refractivity contribution in [3.63, 3.8) is 0 Å². The highest BCUT2D eigenvalue weighted by Gasteiger charge is 2.53. The quantitative estimate of drug-likeness (QED) is 0.236. The molecule has 1 atom stereocenters. The van der Waals surface area contributed by atoms with E-state index in [0.717, 1.165) is 0 Å². The first kappa shape index (κ1) is 23.0. The van der Waals surface area contributed by atoms with Gasteiger partial charge < -0.3 is 0 Å². The van der Waals surface area contributed by atoms with Crippen LogP contribution in [0.3, 0.4) is 0 Å². The predicted molar refractivity (Wildman–Crippen MR) is 160 cm³/mol. The third kappa shape index (κ3) is 3.30. The van der Waals surface area contributed by atoms with Crippen molar-refractivity contribution in [3.8, 4) is 11.1 Å². The lowest BCUT2D eigenvalue weighted by Gasteiger charge is -2.46. The molecule has 5 aromatic carbocycles. The molecule has 0 nitrogen and oxygen atoms in total. The SMILES string of the molecule is Cc1ccc2c(c1)C(C(c1ccccc1)(c1ccccc1)C1c3cc(C)ccc3-c3ccc(C)cc31)C=C2. The Kier molecular flexibility index (Phi) is 5.27. The van der Waals surface area contributed by atoms with Crippen molar-refractivity contribution in [2.24, 2.45) is 0 Å². The van der Waals surface area contributed by atoms with Gasteiger partial charge in [-0.25, -0.2) is 0 Å². The number of rotatable bonds is 4. The first-order chi connectivity index (χ1) is 18.6. The molecule has 7 rings (SSSR count). The Morgan fingerprint density at radius 1 is 0.500 bits per heavy atom. The van der Waals surface area contributed by atoms with Crippen LogP contribution in [0, 0.1) is 20.8 Å². The molecule has 0 radical (unpaired) electrons. The topological polar surface area (TPSA) is 0 Å². The van der Waals surface area contributed by atoms with E-state index >= 15 is 0 Å². The van der Waals surface area contributed by atoms with E-state index < -0.39 is 0 Å². The largest absolute Gasteiger partial charge is 0.0751 e.